The van der Waals surface area contributed by atoms with Gasteiger partial charge in [-0.3, -0.25) is 4.79 Å². The van der Waals surface area contributed by atoms with Gasteiger partial charge < -0.3 is 4.90 Å². The lowest BCUT2D eigenvalue weighted by atomic mass is 10.1. The highest BCUT2D eigenvalue weighted by Crippen LogP contribution is 2.20. The zero-order chi connectivity index (χ0) is 19.3. The highest BCUT2D eigenvalue weighted by Gasteiger charge is 2.31. The van der Waals surface area contributed by atoms with Crippen molar-refractivity contribution in [2.75, 3.05) is 13.1 Å². The van der Waals surface area contributed by atoms with E-state index >= 15 is 0 Å². The number of aryl methyl sites for hydroxylation is 1. The van der Waals surface area contributed by atoms with Crippen LogP contribution in [0.4, 0.5) is 13.2 Å². The second-order valence-electron chi connectivity index (χ2n) is 5.79. The Morgan fingerprint density at radius 2 is 1.92 bits per heavy atom. The van der Waals surface area contributed by atoms with Crippen molar-refractivity contribution in [3.8, 4) is 5.69 Å². The van der Waals surface area contributed by atoms with Crippen LogP contribution in [0.15, 0.2) is 49.1 Å². The summed E-state index contributed by atoms with van der Waals surface area (Å²) < 4.78 is 39.6. The summed E-state index contributed by atoms with van der Waals surface area (Å²) in [5.41, 5.74) is 3.04. The molecular formula is C19H20F3N3O. The maximum Gasteiger partial charge on any atom is 0.406 e. The van der Waals surface area contributed by atoms with Crippen LogP contribution in [0.3, 0.4) is 0 Å². The first kappa shape index (κ1) is 19.5. The van der Waals surface area contributed by atoms with Gasteiger partial charge in [-0.1, -0.05) is 24.3 Å². The predicted octanol–water partition coefficient (Wildman–Crippen LogP) is 4.08. The van der Waals surface area contributed by atoms with Crippen molar-refractivity contribution in [2.45, 2.75) is 20.0 Å². The number of benzene rings is 1. The number of alkyl halides is 3. The van der Waals surface area contributed by atoms with Gasteiger partial charge in [-0.25, -0.2) is 4.68 Å². The number of amides is 1. The molecule has 0 fully saturated rings. The van der Waals surface area contributed by atoms with Crippen molar-refractivity contribution in [1.82, 2.24) is 14.7 Å². The number of aromatic nitrogens is 2. The predicted molar refractivity (Wildman–Crippen MR) is 94.9 cm³/mol. The average Bonchev–Trinajstić information content (AvgIpc) is 2.86. The maximum atomic E-state index is 12.6. The summed E-state index contributed by atoms with van der Waals surface area (Å²) in [5, 5.41) is 4.44. The molecule has 0 radical (unpaired) electrons. The summed E-state index contributed by atoms with van der Waals surface area (Å²) in [5.74, 6) is -0.728. The largest absolute Gasteiger partial charge is 0.406 e. The van der Waals surface area contributed by atoms with Crippen LogP contribution in [0.5, 0.6) is 0 Å². The van der Waals surface area contributed by atoms with Gasteiger partial charge in [0.15, 0.2) is 0 Å². The molecule has 2 aromatic rings. The van der Waals surface area contributed by atoms with Gasteiger partial charge in [-0.2, -0.15) is 18.3 Å². The van der Waals surface area contributed by atoms with Crippen LogP contribution in [0.1, 0.15) is 17.0 Å². The monoisotopic (exact) mass is 363 g/mol. The number of hydrogen-bond acceptors (Lipinski definition) is 2. The van der Waals surface area contributed by atoms with Crippen LogP contribution in [0, 0.1) is 13.8 Å². The Bertz CT molecular complexity index is 807. The topological polar surface area (TPSA) is 38.1 Å². The quantitative estimate of drug-likeness (QED) is 0.573. The minimum absolute atomic E-state index is 0.177. The van der Waals surface area contributed by atoms with Gasteiger partial charge in [0.1, 0.15) is 6.54 Å². The van der Waals surface area contributed by atoms with E-state index in [0.717, 1.165) is 17.5 Å². The van der Waals surface area contributed by atoms with E-state index in [0.29, 0.717) is 16.2 Å². The molecule has 1 aromatic heterocycles. The summed E-state index contributed by atoms with van der Waals surface area (Å²) in [6.45, 7) is 5.53. The molecule has 0 saturated carbocycles. The van der Waals surface area contributed by atoms with Crippen molar-refractivity contribution < 1.29 is 18.0 Å². The molecule has 0 aliphatic carbocycles. The first-order valence-corrected chi connectivity index (χ1v) is 7.99. The average molecular weight is 363 g/mol. The number of carbonyl (C=O) groups excluding carboxylic acids is 1. The summed E-state index contributed by atoms with van der Waals surface area (Å²) in [6.07, 6.45) is -0.550. The molecule has 2 rings (SSSR count). The Morgan fingerprint density at radius 3 is 2.50 bits per heavy atom. The zero-order valence-corrected chi connectivity index (χ0v) is 14.6. The van der Waals surface area contributed by atoms with Gasteiger partial charge in [0.25, 0.3) is 0 Å². The van der Waals surface area contributed by atoms with E-state index in [1.165, 1.54) is 12.2 Å². The molecule has 4 nitrogen and oxygen atoms in total. The second-order valence-corrected chi connectivity index (χ2v) is 5.79. The Hall–Kier alpha value is -2.83. The minimum atomic E-state index is -4.46. The van der Waals surface area contributed by atoms with Gasteiger partial charge in [0.05, 0.1) is 11.4 Å². The van der Waals surface area contributed by atoms with E-state index in [9.17, 15) is 18.0 Å². The molecule has 0 atom stereocenters. The standard InChI is InChI=1S/C19H20F3N3O/c1-4-12-24(13-19(20,21)22)18(26)11-10-17-14(2)23-25(15(17)3)16-8-6-5-7-9-16/h4-11H,1,12-13H2,2-3H3/b11-10+. The van der Waals surface area contributed by atoms with Crippen molar-refractivity contribution in [3.05, 3.63) is 66.0 Å². The molecule has 0 saturated heterocycles. The van der Waals surface area contributed by atoms with Crippen LogP contribution >= 0.6 is 0 Å². The third-order valence-corrected chi connectivity index (χ3v) is 3.77. The molecule has 7 heteroatoms. The fourth-order valence-electron chi connectivity index (χ4n) is 2.58. The Morgan fingerprint density at radius 1 is 1.27 bits per heavy atom. The number of nitrogens with zero attached hydrogens (tertiary/aromatic N) is 3. The van der Waals surface area contributed by atoms with Crippen molar-refractivity contribution in [2.24, 2.45) is 0 Å². The van der Waals surface area contributed by atoms with E-state index in [2.05, 4.69) is 11.7 Å². The summed E-state index contributed by atoms with van der Waals surface area (Å²) in [7, 11) is 0. The number of hydrogen-bond donors (Lipinski definition) is 0. The lowest BCUT2D eigenvalue weighted by molar-refractivity contribution is -0.157. The second kappa shape index (κ2) is 8.03. The molecule has 0 aliphatic heterocycles. The summed E-state index contributed by atoms with van der Waals surface area (Å²) in [6, 6.07) is 9.45. The third kappa shape index (κ3) is 4.84. The lowest BCUT2D eigenvalue weighted by Gasteiger charge is -2.20. The van der Waals surface area contributed by atoms with Crippen LogP contribution in [0.25, 0.3) is 11.8 Å². The van der Waals surface area contributed by atoms with Crippen molar-refractivity contribution >= 4 is 12.0 Å². The number of para-hydroxylation sites is 1. The molecule has 0 aliphatic rings. The Balaban J connectivity index is 2.25. The van der Waals surface area contributed by atoms with Crippen LogP contribution in [0.2, 0.25) is 0 Å². The van der Waals surface area contributed by atoms with Gasteiger partial charge in [-0.05, 0) is 32.1 Å². The maximum absolute atomic E-state index is 12.6. The van der Waals surface area contributed by atoms with E-state index in [1.807, 2.05) is 37.3 Å². The first-order valence-electron chi connectivity index (χ1n) is 7.99. The fourth-order valence-corrected chi connectivity index (χ4v) is 2.58. The van der Waals surface area contributed by atoms with Gasteiger partial charge in [0.2, 0.25) is 5.91 Å². The Kier molecular flexibility index (Phi) is 6.02. The highest BCUT2D eigenvalue weighted by atomic mass is 19.4. The molecule has 1 heterocycles. The molecule has 0 unspecified atom stereocenters. The molecule has 26 heavy (non-hydrogen) atoms. The summed E-state index contributed by atoms with van der Waals surface area (Å²) in [4.78, 5) is 12.8. The fraction of sp³-hybridized carbons (Fsp3) is 0.263. The third-order valence-electron chi connectivity index (χ3n) is 3.77. The number of rotatable bonds is 6. The first-order chi connectivity index (χ1) is 12.2. The normalized spacial score (nSPS) is 11.7. The Labute approximate surface area is 150 Å². The molecule has 138 valence electrons. The van der Waals surface area contributed by atoms with Gasteiger partial charge in [-0.15, -0.1) is 6.58 Å². The molecule has 0 N–H and O–H groups in total. The van der Waals surface area contributed by atoms with Crippen molar-refractivity contribution in [1.29, 1.82) is 0 Å². The minimum Gasteiger partial charge on any atom is -0.326 e. The van der Waals surface area contributed by atoms with Gasteiger partial charge in [0, 0.05) is 23.9 Å². The van der Waals surface area contributed by atoms with Crippen molar-refractivity contribution in [3.63, 3.8) is 0 Å². The molecule has 1 aromatic carbocycles. The van der Waals surface area contributed by atoms with Crippen LogP contribution in [-0.4, -0.2) is 39.9 Å². The smallest absolute Gasteiger partial charge is 0.326 e. The van der Waals surface area contributed by atoms with Crippen LogP contribution < -0.4 is 0 Å². The molecule has 0 spiro atoms. The van der Waals surface area contributed by atoms with Gasteiger partial charge >= 0.3 is 6.18 Å². The van der Waals surface area contributed by atoms with Crippen LogP contribution in [-0.2, 0) is 4.79 Å². The summed E-state index contributed by atoms with van der Waals surface area (Å²) >= 11 is 0. The molecule has 0 bridgehead atoms. The SMILES string of the molecule is C=CCN(CC(F)(F)F)C(=O)/C=C/c1c(C)nn(-c2ccccc2)c1C. The number of halogens is 3. The van der Waals surface area contributed by atoms with E-state index in [-0.39, 0.29) is 6.54 Å². The molecule has 1 amide bonds. The molecular weight excluding hydrogens is 343 g/mol. The zero-order valence-electron chi connectivity index (χ0n) is 14.6. The van der Waals surface area contributed by atoms with E-state index in [1.54, 1.807) is 11.6 Å². The van der Waals surface area contributed by atoms with E-state index < -0.39 is 18.6 Å². The lowest BCUT2D eigenvalue weighted by Crippen LogP contribution is -2.38. The number of carbonyl (C=O) groups is 1. The highest BCUT2D eigenvalue weighted by molar-refractivity contribution is 5.92. The van der Waals surface area contributed by atoms with E-state index in [4.69, 9.17) is 0 Å².